The molecule has 30 heavy (non-hydrogen) atoms. The summed E-state index contributed by atoms with van der Waals surface area (Å²) in [6.45, 7) is 7.59. The third-order valence-corrected chi connectivity index (χ3v) is 5.59. The van der Waals surface area contributed by atoms with Gasteiger partial charge in [0.15, 0.2) is 0 Å². The molecule has 0 aliphatic carbocycles. The topological polar surface area (TPSA) is 76.0 Å². The minimum absolute atomic E-state index is 0.151. The Hall–Kier alpha value is -3.12. The van der Waals surface area contributed by atoms with Crippen molar-refractivity contribution in [2.24, 2.45) is 0 Å². The maximum Gasteiger partial charge on any atom is 0.253 e. The lowest BCUT2D eigenvalue weighted by molar-refractivity contribution is -0.115. The Morgan fingerprint density at radius 3 is 2.47 bits per heavy atom. The molecule has 1 aromatic heterocycles. The van der Waals surface area contributed by atoms with Crippen molar-refractivity contribution in [1.82, 2.24) is 15.1 Å². The number of carbonyl (C=O) groups excluding carboxylic acids is 2. The summed E-state index contributed by atoms with van der Waals surface area (Å²) in [6.07, 6.45) is 0.151. The highest BCUT2D eigenvalue weighted by molar-refractivity contribution is 6.31. The first-order valence-corrected chi connectivity index (χ1v) is 10.0. The van der Waals surface area contributed by atoms with Gasteiger partial charge >= 0.3 is 0 Å². The number of aromatic nitrogens is 2. The summed E-state index contributed by atoms with van der Waals surface area (Å²) in [7, 11) is 1.57. The minimum Gasteiger partial charge on any atom is -0.355 e. The van der Waals surface area contributed by atoms with Gasteiger partial charge in [0.05, 0.1) is 29.1 Å². The van der Waals surface area contributed by atoms with Gasteiger partial charge in [-0.2, -0.15) is 5.10 Å². The lowest BCUT2D eigenvalue weighted by atomic mass is 10.0. The molecular weight excluding hydrogens is 400 g/mol. The van der Waals surface area contributed by atoms with E-state index < -0.39 is 0 Å². The molecule has 0 radical (unpaired) electrons. The number of aryl methyl sites for hydroxylation is 3. The van der Waals surface area contributed by atoms with E-state index >= 15 is 0 Å². The quantitative estimate of drug-likeness (QED) is 0.641. The van der Waals surface area contributed by atoms with Crippen LogP contribution in [0.4, 0.5) is 5.69 Å². The molecule has 0 aliphatic heterocycles. The van der Waals surface area contributed by atoms with Crippen LogP contribution in [0.15, 0.2) is 36.4 Å². The third kappa shape index (κ3) is 4.24. The van der Waals surface area contributed by atoms with E-state index in [1.807, 2.05) is 58.0 Å². The first-order valence-electron chi connectivity index (χ1n) is 9.66. The molecule has 2 N–H and O–H groups in total. The number of hydrogen-bond donors (Lipinski definition) is 2. The average Bonchev–Trinajstić information content (AvgIpc) is 2.98. The summed E-state index contributed by atoms with van der Waals surface area (Å²) in [4.78, 5) is 25.0. The van der Waals surface area contributed by atoms with Crippen LogP contribution in [-0.2, 0) is 11.2 Å². The molecule has 0 unspecified atom stereocenters. The zero-order valence-corrected chi connectivity index (χ0v) is 18.5. The van der Waals surface area contributed by atoms with Gasteiger partial charge in [-0.05, 0) is 57.0 Å². The van der Waals surface area contributed by atoms with Crippen LogP contribution in [0.25, 0.3) is 5.69 Å². The molecule has 1 heterocycles. The molecule has 156 valence electrons. The van der Waals surface area contributed by atoms with E-state index in [9.17, 15) is 9.59 Å². The Kier molecular flexibility index (Phi) is 6.27. The van der Waals surface area contributed by atoms with Crippen LogP contribution in [0.3, 0.4) is 0 Å². The second-order valence-electron chi connectivity index (χ2n) is 7.30. The normalized spacial score (nSPS) is 10.7. The molecule has 2 amide bonds. The van der Waals surface area contributed by atoms with Crippen molar-refractivity contribution >= 4 is 29.1 Å². The number of amides is 2. The number of rotatable bonds is 5. The van der Waals surface area contributed by atoms with Gasteiger partial charge in [0.2, 0.25) is 5.91 Å². The number of nitrogens with one attached hydrogen (secondary N) is 2. The van der Waals surface area contributed by atoms with E-state index in [1.54, 1.807) is 17.8 Å². The highest BCUT2D eigenvalue weighted by Crippen LogP contribution is 2.24. The maximum absolute atomic E-state index is 12.8. The fraction of sp³-hybridized carbons (Fsp3) is 0.261. The molecular formula is C23H25ClN4O2. The molecule has 0 aliphatic rings. The summed E-state index contributed by atoms with van der Waals surface area (Å²) in [6, 6.07) is 11.1. The van der Waals surface area contributed by atoms with Gasteiger partial charge in [0.1, 0.15) is 0 Å². The second kappa shape index (κ2) is 8.71. The van der Waals surface area contributed by atoms with Gasteiger partial charge < -0.3 is 10.6 Å². The predicted molar refractivity (Wildman–Crippen MR) is 120 cm³/mol. The standard InChI is InChI=1S/C23H25ClN4O2/c1-13-9-10-17(11-19(13)24)28-16(4)18(15(3)27-28)12-21(29)26-20-8-6-7-14(2)22(20)23(30)25-5/h6-11H,12H2,1-5H3,(H,25,30)(H,26,29). The molecule has 6 nitrogen and oxygen atoms in total. The zero-order chi connectivity index (χ0) is 22.0. The zero-order valence-electron chi connectivity index (χ0n) is 17.8. The molecule has 0 bridgehead atoms. The van der Waals surface area contributed by atoms with Gasteiger partial charge in [-0.1, -0.05) is 29.8 Å². The van der Waals surface area contributed by atoms with E-state index in [1.165, 1.54) is 0 Å². The number of benzene rings is 2. The van der Waals surface area contributed by atoms with Crippen molar-refractivity contribution < 1.29 is 9.59 Å². The molecule has 3 rings (SSSR count). The van der Waals surface area contributed by atoms with E-state index in [-0.39, 0.29) is 18.2 Å². The lowest BCUT2D eigenvalue weighted by Crippen LogP contribution is -2.23. The number of nitrogens with zero attached hydrogens (tertiary/aromatic N) is 2. The van der Waals surface area contributed by atoms with Crippen LogP contribution >= 0.6 is 11.6 Å². The third-order valence-electron chi connectivity index (χ3n) is 5.18. The molecule has 0 saturated carbocycles. The Morgan fingerprint density at radius 1 is 1.07 bits per heavy atom. The van der Waals surface area contributed by atoms with Crippen molar-refractivity contribution in [2.75, 3.05) is 12.4 Å². The minimum atomic E-state index is -0.236. The second-order valence-corrected chi connectivity index (χ2v) is 7.70. The van der Waals surface area contributed by atoms with Gasteiger partial charge in [-0.15, -0.1) is 0 Å². The molecule has 0 atom stereocenters. The van der Waals surface area contributed by atoms with Crippen molar-refractivity contribution in [3.63, 3.8) is 0 Å². The van der Waals surface area contributed by atoms with Crippen molar-refractivity contribution in [3.8, 4) is 5.69 Å². The molecule has 2 aromatic carbocycles. The van der Waals surface area contributed by atoms with Crippen LogP contribution in [0.1, 0.15) is 38.4 Å². The van der Waals surface area contributed by atoms with E-state index in [0.29, 0.717) is 16.3 Å². The fourth-order valence-corrected chi connectivity index (χ4v) is 3.62. The van der Waals surface area contributed by atoms with Crippen LogP contribution in [0.5, 0.6) is 0 Å². The monoisotopic (exact) mass is 424 g/mol. The Morgan fingerprint density at radius 2 is 1.80 bits per heavy atom. The van der Waals surface area contributed by atoms with Crippen LogP contribution < -0.4 is 10.6 Å². The predicted octanol–water partition coefficient (Wildman–Crippen LogP) is 4.30. The summed E-state index contributed by atoms with van der Waals surface area (Å²) >= 11 is 6.26. The van der Waals surface area contributed by atoms with Gasteiger partial charge in [-0.25, -0.2) is 4.68 Å². The Labute approximate surface area is 181 Å². The number of halogens is 1. The highest BCUT2D eigenvalue weighted by atomic mass is 35.5. The summed E-state index contributed by atoms with van der Waals surface area (Å²) in [5.74, 6) is -0.446. The van der Waals surface area contributed by atoms with E-state index in [4.69, 9.17) is 11.6 Å². The largest absolute Gasteiger partial charge is 0.355 e. The number of anilines is 1. The van der Waals surface area contributed by atoms with Crippen molar-refractivity contribution in [3.05, 3.63) is 75.1 Å². The van der Waals surface area contributed by atoms with Crippen LogP contribution in [0.2, 0.25) is 5.02 Å². The summed E-state index contributed by atoms with van der Waals surface area (Å²) in [5, 5.41) is 10.8. The van der Waals surface area contributed by atoms with Gasteiger partial charge in [0.25, 0.3) is 5.91 Å². The summed E-state index contributed by atoms with van der Waals surface area (Å²) in [5.41, 5.74) is 6.08. The smallest absolute Gasteiger partial charge is 0.253 e. The van der Waals surface area contributed by atoms with Crippen LogP contribution in [0, 0.1) is 27.7 Å². The average molecular weight is 425 g/mol. The fourth-order valence-electron chi connectivity index (χ4n) is 3.45. The van der Waals surface area contributed by atoms with Crippen molar-refractivity contribution in [1.29, 1.82) is 0 Å². The first-order chi connectivity index (χ1) is 14.2. The van der Waals surface area contributed by atoms with Crippen molar-refractivity contribution in [2.45, 2.75) is 34.1 Å². The van der Waals surface area contributed by atoms with Crippen LogP contribution in [-0.4, -0.2) is 28.6 Å². The number of carbonyl (C=O) groups is 2. The lowest BCUT2D eigenvalue weighted by Gasteiger charge is -2.13. The highest BCUT2D eigenvalue weighted by Gasteiger charge is 2.19. The maximum atomic E-state index is 12.8. The molecule has 7 heteroatoms. The van der Waals surface area contributed by atoms with Gasteiger partial charge in [0, 0.05) is 23.3 Å². The number of hydrogen-bond acceptors (Lipinski definition) is 3. The molecule has 0 saturated heterocycles. The SMILES string of the molecule is CNC(=O)c1c(C)cccc1NC(=O)Cc1c(C)nn(-c2ccc(C)c(Cl)c2)c1C. The molecule has 0 spiro atoms. The van der Waals surface area contributed by atoms with Gasteiger partial charge in [-0.3, -0.25) is 9.59 Å². The Bertz CT molecular complexity index is 1130. The molecule has 3 aromatic rings. The van der Waals surface area contributed by atoms with E-state index in [0.717, 1.165) is 33.8 Å². The molecule has 0 fully saturated rings. The van der Waals surface area contributed by atoms with E-state index in [2.05, 4.69) is 15.7 Å². The summed E-state index contributed by atoms with van der Waals surface area (Å²) < 4.78 is 1.80. The first kappa shape index (κ1) is 21.6. The Balaban J connectivity index is 1.87.